The summed E-state index contributed by atoms with van der Waals surface area (Å²) in [6.07, 6.45) is 6.74. The van der Waals surface area contributed by atoms with E-state index in [-0.39, 0.29) is 17.8 Å². The molecule has 0 saturated heterocycles. The Kier molecular flexibility index (Phi) is 4.30. The SMILES string of the molecule is COC1=CC(c2cc3c(cc2C)OC(C)(C)CC32N=C(N)N(C)C2=O)C(C)C=C1. The van der Waals surface area contributed by atoms with Gasteiger partial charge in [-0.15, -0.1) is 0 Å². The topological polar surface area (TPSA) is 77.2 Å². The lowest BCUT2D eigenvalue weighted by molar-refractivity contribution is -0.133. The number of fused-ring (bicyclic) bond motifs is 2. The van der Waals surface area contributed by atoms with Gasteiger partial charge in [-0.05, 0) is 62.1 Å². The molecule has 154 valence electrons. The number of ether oxygens (including phenoxy) is 2. The summed E-state index contributed by atoms with van der Waals surface area (Å²) in [5, 5.41) is 0. The predicted molar refractivity (Wildman–Crippen MR) is 113 cm³/mol. The van der Waals surface area contributed by atoms with Crippen LogP contribution in [0.25, 0.3) is 0 Å². The Morgan fingerprint density at radius 1 is 1.34 bits per heavy atom. The van der Waals surface area contributed by atoms with E-state index in [0.717, 1.165) is 22.4 Å². The van der Waals surface area contributed by atoms with Crippen molar-refractivity contribution >= 4 is 11.9 Å². The van der Waals surface area contributed by atoms with Gasteiger partial charge in [-0.2, -0.15) is 0 Å². The Balaban J connectivity index is 1.91. The number of amides is 1. The molecule has 1 amide bonds. The van der Waals surface area contributed by atoms with Crippen LogP contribution >= 0.6 is 0 Å². The van der Waals surface area contributed by atoms with Crippen LogP contribution in [-0.4, -0.2) is 36.5 Å². The number of hydrogen-bond donors (Lipinski definition) is 1. The molecule has 2 heterocycles. The fourth-order valence-corrected chi connectivity index (χ4v) is 4.76. The number of hydrogen-bond acceptors (Lipinski definition) is 5. The van der Waals surface area contributed by atoms with Crippen molar-refractivity contribution in [1.82, 2.24) is 4.90 Å². The summed E-state index contributed by atoms with van der Waals surface area (Å²) in [5.41, 5.74) is 7.55. The maximum absolute atomic E-state index is 13.3. The van der Waals surface area contributed by atoms with Crippen LogP contribution in [0.3, 0.4) is 0 Å². The largest absolute Gasteiger partial charge is 0.497 e. The molecule has 3 unspecified atom stereocenters. The number of aryl methyl sites for hydroxylation is 1. The van der Waals surface area contributed by atoms with E-state index in [4.69, 9.17) is 15.2 Å². The summed E-state index contributed by atoms with van der Waals surface area (Å²) in [4.78, 5) is 19.4. The zero-order valence-corrected chi connectivity index (χ0v) is 17.9. The molecule has 2 aliphatic heterocycles. The normalized spacial score (nSPS) is 30.0. The molecule has 29 heavy (non-hydrogen) atoms. The van der Waals surface area contributed by atoms with Gasteiger partial charge in [-0.25, -0.2) is 4.99 Å². The van der Waals surface area contributed by atoms with E-state index in [1.807, 2.05) is 26.0 Å². The average molecular weight is 396 g/mol. The summed E-state index contributed by atoms with van der Waals surface area (Å²) in [6.45, 7) is 8.24. The second-order valence-electron chi connectivity index (χ2n) is 8.96. The molecule has 1 spiro atoms. The highest BCUT2D eigenvalue weighted by Gasteiger charge is 2.55. The van der Waals surface area contributed by atoms with Gasteiger partial charge >= 0.3 is 0 Å². The fourth-order valence-electron chi connectivity index (χ4n) is 4.76. The summed E-state index contributed by atoms with van der Waals surface area (Å²) >= 11 is 0. The van der Waals surface area contributed by atoms with Crippen molar-refractivity contribution in [1.29, 1.82) is 0 Å². The molecule has 0 aromatic heterocycles. The summed E-state index contributed by atoms with van der Waals surface area (Å²) in [6, 6.07) is 4.13. The molecule has 0 saturated carbocycles. The number of benzene rings is 1. The van der Waals surface area contributed by atoms with Crippen LogP contribution in [0.4, 0.5) is 0 Å². The zero-order valence-electron chi connectivity index (χ0n) is 17.9. The minimum absolute atomic E-state index is 0.105. The maximum Gasteiger partial charge on any atom is 0.261 e. The molecule has 1 aromatic carbocycles. The lowest BCUT2D eigenvalue weighted by Gasteiger charge is -2.42. The van der Waals surface area contributed by atoms with Crippen LogP contribution in [0, 0.1) is 12.8 Å². The Hall–Kier alpha value is -2.76. The lowest BCUT2D eigenvalue weighted by atomic mass is 9.74. The Labute approximate surface area is 172 Å². The number of allylic oxidation sites excluding steroid dienone is 3. The van der Waals surface area contributed by atoms with Gasteiger partial charge in [0.25, 0.3) is 5.91 Å². The number of guanidine groups is 1. The lowest BCUT2D eigenvalue weighted by Crippen LogP contribution is -2.49. The highest BCUT2D eigenvalue weighted by molar-refractivity contribution is 6.07. The van der Waals surface area contributed by atoms with E-state index < -0.39 is 11.1 Å². The number of rotatable bonds is 2. The first-order chi connectivity index (χ1) is 13.6. The van der Waals surface area contributed by atoms with Gasteiger partial charge < -0.3 is 15.2 Å². The molecule has 0 radical (unpaired) electrons. The van der Waals surface area contributed by atoms with Gasteiger partial charge in [0, 0.05) is 24.9 Å². The molecule has 6 nitrogen and oxygen atoms in total. The zero-order chi connectivity index (χ0) is 21.1. The van der Waals surface area contributed by atoms with Gasteiger partial charge in [-0.3, -0.25) is 9.69 Å². The summed E-state index contributed by atoms with van der Waals surface area (Å²) in [7, 11) is 3.35. The van der Waals surface area contributed by atoms with Crippen molar-refractivity contribution in [2.24, 2.45) is 16.6 Å². The molecule has 0 fully saturated rings. The smallest absolute Gasteiger partial charge is 0.261 e. The first-order valence-corrected chi connectivity index (χ1v) is 9.99. The van der Waals surface area contributed by atoms with Crippen LogP contribution in [0.15, 0.2) is 41.1 Å². The number of aliphatic imine (C=N–C) groups is 1. The number of carbonyl (C=O) groups excluding carboxylic acids is 1. The number of carbonyl (C=O) groups is 1. The van der Waals surface area contributed by atoms with Crippen molar-refractivity contribution in [3.63, 3.8) is 0 Å². The first-order valence-electron chi connectivity index (χ1n) is 9.99. The number of nitrogens with zero attached hydrogens (tertiary/aromatic N) is 2. The number of nitrogens with two attached hydrogens (primary N) is 1. The van der Waals surface area contributed by atoms with E-state index in [2.05, 4.69) is 37.1 Å². The molecule has 3 aliphatic rings. The molecule has 1 aromatic rings. The molecule has 3 atom stereocenters. The van der Waals surface area contributed by atoms with E-state index in [9.17, 15) is 4.79 Å². The maximum atomic E-state index is 13.3. The van der Waals surface area contributed by atoms with Crippen molar-refractivity contribution in [3.05, 3.63) is 52.8 Å². The Bertz CT molecular complexity index is 976. The number of methoxy groups -OCH3 is 1. The molecular formula is C23H29N3O3. The van der Waals surface area contributed by atoms with Crippen molar-refractivity contribution in [3.8, 4) is 5.75 Å². The average Bonchev–Trinajstić information content (AvgIpc) is 2.85. The highest BCUT2D eigenvalue weighted by atomic mass is 16.5. The standard InChI is InChI=1S/C23H29N3O3/c1-13-7-8-15(28-6)10-16(13)17-11-18-19(9-14(17)2)29-22(3,4)12-23(18)20(27)26(5)21(24)25-23/h7-11,13,16H,12H2,1-6H3,(H2,24,25). The Morgan fingerprint density at radius 2 is 2.07 bits per heavy atom. The van der Waals surface area contributed by atoms with Crippen LogP contribution in [0.5, 0.6) is 5.75 Å². The monoisotopic (exact) mass is 395 g/mol. The molecule has 0 bridgehead atoms. The van der Waals surface area contributed by atoms with Gasteiger partial charge in [0.15, 0.2) is 11.5 Å². The van der Waals surface area contributed by atoms with Crippen LogP contribution in [0.1, 0.15) is 49.8 Å². The first kappa shape index (κ1) is 19.6. The Morgan fingerprint density at radius 3 is 2.69 bits per heavy atom. The van der Waals surface area contributed by atoms with E-state index in [0.29, 0.717) is 18.1 Å². The van der Waals surface area contributed by atoms with Crippen LogP contribution < -0.4 is 10.5 Å². The van der Waals surface area contributed by atoms with Gasteiger partial charge in [0.05, 0.1) is 7.11 Å². The van der Waals surface area contributed by atoms with Gasteiger partial charge in [-0.1, -0.05) is 13.0 Å². The van der Waals surface area contributed by atoms with E-state index >= 15 is 0 Å². The third kappa shape index (κ3) is 2.93. The molecule has 1 aliphatic carbocycles. The van der Waals surface area contributed by atoms with Gasteiger partial charge in [0.2, 0.25) is 0 Å². The third-order valence-corrected chi connectivity index (χ3v) is 6.26. The van der Waals surface area contributed by atoms with Crippen molar-refractivity contribution in [2.75, 3.05) is 14.2 Å². The minimum atomic E-state index is -1.04. The fraction of sp³-hybridized carbons (Fsp3) is 0.478. The van der Waals surface area contributed by atoms with Crippen molar-refractivity contribution < 1.29 is 14.3 Å². The highest BCUT2D eigenvalue weighted by Crippen LogP contribution is 2.50. The second-order valence-corrected chi connectivity index (χ2v) is 8.96. The number of likely N-dealkylation sites (N-methyl/N-ethyl adjacent to an activating group) is 1. The van der Waals surface area contributed by atoms with Crippen molar-refractivity contribution in [2.45, 2.75) is 51.2 Å². The minimum Gasteiger partial charge on any atom is -0.497 e. The summed E-state index contributed by atoms with van der Waals surface area (Å²) in [5.74, 6) is 2.14. The summed E-state index contributed by atoms with van der Waals surface area (Å²) < 4.78 is 11.7. The van der Waals surface area contributed by atoms with Crippen LogP contribution in [0.2, 0.25) is 0 Å². The second kappa shape index (κ2) is 6.37. The molecule has 4 rings (SSSR count). The van der Waals surface area contributed by atoms with E-state index in [1.54, 1.807) is 14.2 Å². The van der Waals surface area contributed by atoms with Crippen LogP contribution in [-0.2, 0) is 15.1 Å². The molecular weight excluding hydrogens is 366 g/mol. The quantitative estimate of drug-likeness (QED) is 0.833. The predicted octanol–water partition coefficient (Wildman–Crippen LogP) is 3.36. The van der Waals surface area contributed by atoms with E-state index in [1.165, 1.54) is 4.90 Å². The van der Waals surface area contributed by atoms with Gasteiger partial charge in [0.1, 0.15) is 17.1 Å². The molecule has 2 N–H and O–H groups in total. The molecule has 6 heteroatoms. The third-order valence-electron chi connectivity index (χ3n) is 6.26.